The minimum Gasteiger partial charge on any atom is -1.00 e. The first-order valence-electron chi connectivity index (χ1n) is 5.96. The summed E-state index contributed by atoms with van der Waals surface area (Å²) in [6.07, 6.45) is 8.45. The predicted octanol–water partition coefficient (Wildman–Crippen LogP) is 0.481. The topological polar surface area (TPSA) is 12.5 Å². The van der Waals surface area contributed by atoms with Crippen LogP contribution in [0.3, 0.4) is 0 Å². The molecular formula is C14H22BrMgO+. The van der Waals surface area contributed by atoms with Crippen molar-refractivity contribution in [2.24, 2.45) is 5.41 Å². The van der Waals surface area contributed by atoms with Gasteiger partial charge in [-0.05, 0) is 44.1 Å². The van der Waals surface area contributed by atoms with Gasteiger partial charge in [-0.3, -0.25) is 0 Å². The van der Waals surface area contributed by atoms with Gasteiger partial charge in [-0.1, -0.05) is 31.6 Å². The number of epoxide rings is 1. The van der Waals surface area contributed by atoms with Crippen LogP contribution in [-0.4, -0.2) is 35.3 Å². The Morgan fingerprint density at radius 1 is 1.24 bits per heavy atom. The van der Waals surface area contributed by atoms with Gasteiger partial charge in [-0.15, -0.1) is 0 Å². The minimum absolute atomic E-state index is 0. The van der Waals surface area contributed by atoms with Crippen LogP contribution in [0.5, 0.6) is 0 Å². The van der Waals surface area contributed by atoms with Crippen LogP contribution in [0.25, 0.3) is 0 Å². The van der Waals surface area contributed by atoms with Gasteiger partial charge in [0.15, 0.2) is 0 Å². The van der Waals surface area contributed by atoms with E-state index in [1.54, 1.807) is 5.57 Å². The van der Waals surface area contributed by atoms with Crippen molar-refractivity contribution in [3.05, 3.63) is 23.3 Å². The Labute approximate surface area is 132 Å². The molecule has 1 unspecified atom stereocenters. The number of halogens is 1. The molecule has 1 atom stereocenters. The largest absolute Gasteiger partial charge is 2.00 e. The summed E-state index contributed by atoms with van der Waals surface area (Å²) in [5.74, 6) is 0. The second-order valence-electron chi connectivity index (χ2n) is 5.87. The number of hydrogen-bond donors (Lipinski definition) is 0. The van der Waals surface area contributed by atoms with E-state index >= 15 is 0 Å². The average Bonchev–Trinajstić information content (AvgIpc) is 2.82. The van der Waals surface area contributed by atoms with E-state index in [0.717, 1.165) is 6.61 Å². The standard InChI is InChI=1S/C14H22O.BrH.Mg/c1-11-6-5-8-13(2,3)12(11)7-9-14(4)10-15-14;;/h7,9H,5-6,8,10H2,1-4H3;1H;/q;;+2/p-1/b9-7+;;. The molecule has 92 valence electrons. The van der Waals surface area contributed by atoms with Crippen molar-refractivity contribution < 1.29 is 21.7 Å². The molecule has 0 saturated carbocycles. The molecule has 1 aliphatic heterocycles. The van der Waals surface area contributed by atoms with E-state index in [-0.39, 0.29) is 45.6 Å². The smallest absolute Gasteiger partial charge is 1.00 e. The van der Waals surface area contributed by atoms with Crippen LogP contribution in [0.1, 0.15) is 47.0 Å². The molecule has 0 N–H and O–H groups in total. The van der Waals surface area contributed by atoms with Crippen molar-refractivity contribution in [1.82, 2.24) is 0 Å². The first-order chi connectivity index (χ1) is 6.93. The number of rotatable bonds is 2. The molecule has 0 bridgehead atoms. The van der Waals surface area contributed by atoms with Gasteiger partial charge in [-0.2, -0.15) is 0 Å². The molecule has 2 aliphatic rings. The van der Waals surface area contributed by atoms with Gasteiger partial charge in [0.05, 0.1) is 6.61 Å². The van der Waals surface area contributed by atoms with Gasteiger partial charge in [0.25, 0.3) is 0 Å². The molecule has 1 nitrogen and oxygen atoms in total. The first kappa shape index (κ1) is 17.7. The van der Waals surface area contributed by atoms with E-state index in [2.05, 4.69) is 39.8 Å². The van der Waals surface area contributed by atoms with E-state index in [0.29, 0.717) is 5.41 Å². The average molecular weight is 311 g/mol. The maximum Gasteiger partial charge on any atom is 2.00 e. The third-order valence-electron chi connectivity index (χ3n) is 3.74. The van der Waals surface area contributed by atoms with Gasteiger partial charge < -0.3 is 21.7 Å². The van der Waals surface area contributed by atoms with Crippen LogP contribution in [-0.2, 0) is 4.74 Å². The fourth-order valence-electron chi connectivity index (χ4n) is 2.48. The molecule has 0 radical (unpaired) electrons. The van der Waals surface area contributed by atoms with Crippen molar-refractivity contribution in [3.8, 4) is 0 Å². The fraction of sp³-hybridized carbons (Fsp3) is 0.714. The Bertz CT molecular complexity index is 327. The van der Waals surface area contributed by atoms with Crippen molar-refractivity contribution >= 4 is 23.1 Å². The molecule has 0 spiro atoms. The Morgan fingerprint density at radius 2 is 1.82 bits per heavy atom. The Balaban J connectivity index is 0.00000128. The summed E-state index contributed by atoms with van der Waals surface area (Å²) in [7, 11) is 0. The summed E-state index contributed by atoms with van der Waals surface area (Å²) in [6, 6.07) is 0. The van der Waals surface area contributed by atoms with Crippen molar-refractivity contribution in [2.45, 2.75) is 52.6 Å². The molecule has 0 aromatic heterocycles. The van der Waals surface area contributed by atoms with Crippen LogP contribution in [0.15, 0.2) is 23.3 Å². The number of allylic oxidation sites excluding steroid dienone is 3. The molecule has 1 saturated heterocycles. The summed E-state index contributed by atoms with van der Waals surface area (Å²) in [6.45, 7) is 10.0. The molecule has 3 heteroatoms. The fourth-order valence-corrected chi connectivity index (χ4v) is 2.48. The number of ether oxygens (including phenoxy) is 1. The summed E-state index contributed by atoms with van der Waals surface area (Å²) >= 11 is 0. The third-order valence-corrected chi connectivity index (χ3v) is 3.74. The van der Waals surface area contributed by atoms with E-state index in [9.17, 15) is 0 Å². The molecule has 0 aromatic rings. The molecule has 1 fully saturated rings. The van der Waals surface area contributed by atoms with E-state index in [4.69, 9.17) is 4.74 Å². The number of hydrogen-bond acceptors (Lipinski definition) is 1. The van der Waals surface area contributed by atoms with Gasteiger partial charge in [-0.25, -0.2) is 0 Å². The second-order valence-corrected chi connectivity index (χ2v) is 5.87. The predicted molar refractivity (Wildman–Crippen MR) is 69.6 cm³/mol. The summed E-state index contributed by atoms with van der Waals surface area (Å²) < 4.78 is 5.38. The van der Waals surface area contributed by atoms with Crippen molar-refractivity contribution in [1.29, 1.82) is 0 Å². The van der Waals surface area contributed by atoms with Crippen LogP contribution in [0.4, 0.5) is 0 Å². The van der Waals surface area contributed by atoms with Crippen molar-refractivity contribution in [2.75, 3.05) is 6.61 Å². The molecular weight excluding hydrogens is 288 g/mol. The summed E-state index contributed by atoms with van der Waals surface area (Å²) in [5, 5.41) is 0. The molecule has 1 heterocycles. The normalized spacial score (nSPS) is 30.8. The van der Waals surface area contributed by atoms with Crippen molar-refractivity contribution in [3.63, 3.8) is 0 Å². The second kappa shape index (κ2) is 6.22. The molecule has 1 aliphatic carbocycles. The van der Waals surface area contributed by atoms with Gasteiger partial charge in [0, 0.05) is 0 Å². The zero-order valence-electron chi connectivity index (χ0n) is 11.5. The van der Waals surface area contributed by atoms with E-state index in [1.807, 2.05) is 0 Å². The van der Waals surface area contributed by atoms with Gasteiger partial charge in [0.1, 0.15) is 5.60 Å². The minimum atomic E-state index is 0. The maximum absolute atomic E-state index is 5.38. The summed E-state index contributed by atoms with van der Waals surface area (Å²) in [4.78, 5) is 0. The quantitative estimate of drug-likeness (QED) is 0.534. The summed E-state index contributed by atoms with van der Waals surface area (Å²) in [5.41, 5.74) is 3.49. The van der Waals surface area contributed by atoms with E-state index in [1.165, 1.54) is 24.8 Å². The molecule has 17 heavy (non-hydrogen) atoms. The Hall–Kier alpha value is 0.686. The first-order valence-corrected chi connectivity index (χ1v) is 5.96. The maximum atomic E-state index is 5.38. The Kier molecular flexibility index (Phi) is 6.47. The van der Waals surface area contributed by atoms with Crippen LogP contribution in [0.2, 0.25) is 0 Å². The van der Waals surface area contributed by atoms with Crippen LogP contribution in [0, 0.1) is 5.41 Å². The zero-order chi connectivity index (χ0) is 11.1. The zero-order valence-corrected chi connectivity index (χ0v) is 14.5. The SMILES string of the molecule is CC1=C(/C=C/C2(C)CO2)C(C)(C)CCC1.[Br-].[Mg+2]. The molecule has 2 rings (SSSR count). The molecule has 0 amide bonds. The van der Waals surface area contributed by atoms with Gasteiger partial charge >= 0.3 is 23.1 Å². The van der Waals surface area contributed by atoms with Crippen LogP contribution >= 0.6 is 0 Å². The van der Waals surface area contributed by atoms with Gasteiger partial charge in [0.2, 0.25) is 0 Å². The third kappa shape index (κ3) is 4.37. The monoisotopic (exact) mass is 309 g/mol. The van der Waals surface area contributed by atoms with E-state index < -0.39 is 0 Å². The van der Waals surface area contributed by atoms with Crippen LogP contribution < -0.4 is 17.0 Å². The Morgan fingerprint density at radius 3 is 2.29 bits per heavy atom. The molecule has 0 aromatic carbocycles.